The minimum absolute atomic E-state index is 0.0195. The van der Waals surface area contributed by atoms with Crippen LogP contribution >= 0.6 is 0 Å². The highest BCUT2D eigenvalue weighted by atomic mass is 16.5. The van der Waals surface area contributed by atoms with E-state index in [1.165, 1.54) is 0 Å². The van der Waals surface area contributed by atoms with E-state index in [0.29, 0.717) is 18.8 Å². The van der Waals surface area contributed by atoms with E-state index < -0.39 is 0 Å². The molecule has 0 saturated carbocycles. The Labute approximate surface area is 175 Å². The molecule has 30 heavy (non-hydrogen) atoms. The zero-order chi connectivity index (χ0) is 21.3. The van der Waals surface area contributed by atoms with Gasteiger partial charge in [-0.25, -0.2) is 4.98 Å². The molecule has 1 fully saturated rings. The number of amides is 2. The van der Waals surface area contributed by atoms with Crippen molar-refractivity contribution >= 4 is 28.5 Å². The summed E-state index contributed by atoms with van der Waals surface area (Å²) < 4.78 is 7.45. The normalized spacial score (nSPS) is 17.4. The molecule has 3 aromatic rings. The average Bonchev–Trinajstić information content (AvgIpc) is 3.26. The Hall–Kier alpha value is -3.35. The number of aromatic nitrogens is 2. The minimum atomic E-state index is -0.253. The van der Waals surface area contributed by atoms with Crippen LogP contribution in [0.1, 0.15) is 19.2 Å². The number of anilines is 1. The molecule has 1 aromatic heterocycles. The minimum Gasteiger partial charge on any atom is -0.495 e. The standard InChI is InChI=1S/C23H26N4O3/c1-15(13-26-16(2)24-18-8-4-5-9-19(18)26)23(29)25-17-12-22(28)27(14-17)20-10-6-7-11-21(20)30-3/h4-11,15,17H,12-14H2,1-3H3,(H,25,29)/t15-,17-/m1/s1. The molecule has 156 valence electrons. The van der Waals surface area contributed by atoms with Crippen molar-refractivity contribution in [1.29, 1.82) is 0 Å². The van der Waals surface area contributed by atoms with E-state index in [2.05, 4.69) is 14.9 Å². The van der Waals surface area contributed by atoms with Gasteiger partial charge in [-0.05, 0) is 31.2 Å². The lowest BCUT2D eigenvalue weighted by Gasteiger charge is -2.21. The van der Waals surface area contributed by atoms with Crippen molar-refractivity contribution in [2.75, 3.05) is 18.6 Å². The molecule has 0 spiro atoms. The van der Waals surface area contributed by atoms with Gasteiger partial charge in [-0.2, -0.15) is 0 Å². The molecular weight excluding hydrogens is 380 g/mol. The van der Waals surface area contributed by atoms with Crippen LogP contribution in [-0.4, -0.2) is 41.1 Å². The van der Waals surface area contributed by atoms with Crippen LogP contribution in [0.2, 0.25) is 0 Å². The van der Waals surface area contributed by atoms with Crippen molar-refractivity contribution in [1.82, 2.24) is 14.9 Å². The fourth-order valence-corrected chi connectivity index (χ4v) is 4.02. The van der Waals surface area contributed by atoms with E-state index in [1.807, 2.05) is 62.4 Å². The Bertz CT molecular complexity index is 1090. The quantitative estimate of drug-likeness (QED) is 0.683. The smallest absolute Gasteiger partial charge is 0.229 e. The highest BCUT2D eigenvalue weighted by Crippen LogP contribution is 2.31. The Kier molecular flexibility index (Phi) is 5.44. The van der Waals surface area contributed by atoms with Gasteiger partial charge in [-0.1, -0.05) is 31.2 Å². The summed E-state index contributed by atoms with van der Waals surface area (Å²) in [5, 5.41) is 3.05. The molecule has 1 aliphatic rings. The Morgan fingerprint density at radius 3 is 2.77 bits per heavy atom. The number of ether oxygens (including phenoxy) is 1. The van der Waals surface area contributed by atoms with Gasteiger partial charge in [-0.15, -0.1) is 0 Å². The second-order valence-electron chi connectivity index (χ2n) is 7.75. The van der Waals surface area contributed by atoms with Crippen molar-refractivity contribution < 1.29 is 14.3 Å². The molecule has 1 N–H and O–H groups in total. The first-order valence-corrected chi connectivity index (χ1v) is 10.1. The van der Waals surface area contributed by atoms with E-state index >= 15 is 0 Å². The summed E-state index contributed by atoms with van der Waals surface area (Å²) in [6, 6.07) is 15.1. The van der Waals surface area contributed by atoms with E-state index in [0.717, 1.165) is 22.5 Å². The van der Waals surface area contributed by atoms with Gasteiger partial charge in [0.05, 0.1) is 35.8 Å². The van der Waals surface area contributed by atoms with Gasteiger partial charge in [0.15, 0.2) is 0 Å². The van der Waals surface area contributed by atoms with Gasteiger partial charge in [-0.3, -0.25) is 9.59 Å². The topological polar surface area (TPSA) is 76.5 Å². The van der Waals surface area contributed by atoms with Crippen LogP contribution in [0.15, 0.2) is 48.5 Å². The monoisotopic (exact) mass is 406 g/mol. The molecule has 2 aromatic carbocycles. The maximum Gasteiger partial charge on any atom is 0.229 e. The van der Waals surface area contributed by atoms with Crippen molar-refractivity contribution in [3.63, 3.8) is 0 Å². The molecule has 2 heterocycles. The molecule has 4 rings (SSSR count). The summed E-state index contributed by atoms with van der Waals surface area (Å²) in [7, 11) is 1.59. The molecule has 0 unspecified atom stereocenters. The summed E-state index contributed by atoms with van der Waals surface area (Å²) in [6.07, 6.45) is 0.281. The number of hydrogen-bond acceptors (Lipinski definition) is 4. The lowest BCUT2D eigenvalue weighted by Crippen LogP contribution is -2.41. The van der Waals surface area contributed by atoms with Crippen molar-refractivity contribution in [2.24, 2.45) is 5.92 Å². The predicted octanol–water partition coefficient (Wildman–Crippen LogP) is 2.91. The number of rotatable bonds is 6. The highest BCUT2D eigenvalue weighted by molar-refractivity contribution is 5.98. The van der Waals surface area contributed by atoms with E-state index in [4.69, 9.17) is 4.74 Å². The van der Waals surface area contributed by atoms with Crippen LogP contribution in [0.25, 0.3) is 11.0 Å². The molecule has 7 nitrogen and oxygen atoms in total. The van der Waals surface area contributed by atoms with Crippen molar-refractivity contribution in [3.05, 3.63) is 54.4 Å². The number of nitrogens with one attached hydrogen (secondary N) is 1. The average molecular weight is 406 g/mol. The fourth-order valence-electron chi connectivity index (χ4n) is 4.02. The first-order valence-electron chi connectivity index (χ1n) is 10.1. The molecular formula is C23H26N4O3. The Morgan fingerprint density at radius 1 is 1.23 bits per heavy atom. The Balaban J connectivity index is 1.42. The third-order valence-corrected chi connectivity index (χ3v) is 5.60. The SMILES string of the molecule is COc1ccccc1N1C[C@H](NC(=O)[C@H](C)Cn2c(C)nc3ccccc32)CC1=O. The first-order chi connectivity index (χ1) is 14.5. The molecule has 1 saturated heterocycles. The predicted molar refractivity (Wildman–Crippen MR) is 116 cm³/mol. The number of nitrogens with zero attached hydrogens (tertiary/aromatic N) is 3. The zero-order valence-corrected chi connectivity index (χ0v) is 17.5. The van der Waals surface area contributed by atoms with Gasteiger partial charge >= 0.3 is 0 Å². The number of para-hydroxylation sites is 4. The summed E-state index contributed by atoms with van der Waals surface area (Å²) in [6.45, 7) is 4.82. The number of hydrogen-bond donors (Lipinski definition) is 1. The second kappa shape index (κ2) is 8.18. The molecule has 2 amide bonds. The van der Waals surface area contributed by atoms with Gasteiger partial charge < -0.3 is 19.5 Å². The summed E-state index contributed by atoms with van der Waals surface area (Å²) in [5.41, 5.74) is 2.68. The summed E-state index contributed by atoms with van der Waals surface area (Å²) in [5.74, 6) is 1.19. The third-order valence-electron chi connectivity index (χ3n) is 5.60. The van der Waals surface area contributed by atoms with Crippen LogP contribution in [0.4, 0.5) is 5.69 Å². The highest BCUT2D eigenvalue weighted by Gasteiger charge is 2.33. The molecule has 2 atom stereocenters. The second-order valence-corrected chi connectivity index (χ2v) is 7.75. The number of fused-ring (bicyclic) bond motifs is 1. The van der Waals surface area contributed by atoms with Gasteiger partial charge in [0.1, 0.15) is 11.6 Å². The lowest BCUT2D eigenvalue weighted by atomic mass is 10.1. The third kappa shape index (κ3) is 3.75. The number of methoxy groups -OCH3 is 1. The molecule has 0 aliphatic carbocycles. The number of aryl methyl sites for hydroxylation is 1. The van der Waals surface area contributed by atoms with E-state index in [9.17, 15) is 9.59 Å². The van der Waals surface area contributed by atoms with E-state index in [-0.39, 0.29) is 30.2 Å². The van der Waals surface area contributed by atoms with Crippen molar-refractivity contribution in [2.45, 2.75) is 32.9 Å². The number of carbonyl (C=O) groups excluding carboxylic acids is 2. The maximum atomic E-state index is 12.8. The number of benzene rings is 2. The number of carbonyl (C=O) groups is 2. The largest absolute Gasteiger partial charge is 0.495 e. The maximum absolute atomic E-state index is 12.8. The van der Waals surface area contributed by atoms with Crippen molar-refractivity contribution in [3.8, 4) is 5.75 Å². The first kappa shape index (κ1) is 19.9. The van der Waals surface area contributed by atoms with Crippen LogP contribution in [-0.2, 0) is 16.1 Å². The lowest BCUT2D eigenvalue weighted by molar-refractivity contribution is -0.125. The van der Waals surface area contributed by atoms with Gasteiger partial charge in [0, 0.05) is 19.5 Å². The summed E-state index contributed by atoms with van der Waals surface area (Å²) in [4.78, 5) is 31.7. The molecule has 0 bridgehead atoms. The van der Waals surface area contributed by atoms with E-state index in [1.54, 1.807) is 12.0 Å². The van der Waals surface area contributed by atoms with Crippen LogP contribution in [0.5, 0.6) is 5.75 Å². The fraction of sp³-hybridized carbons (Fsp3) is 0.348. The molecule has 7 heteroatoms. The van der Waals surface area contributed by atoms with Gasteiger partial charge in [0.25, 0.3) is 0 Å². The molecule has 1 aliphatic heterocycles. The summed E-state index contributed by atoms with van der Waals surface area (Å²) >= 11 is 0. The Morgan fingerprint density at radius 2 is 1.97 bits per heavy atom. The molecule has 0 radical (unpaired) electrons. The van der Waals surface area contributed by atoms with Crippen LogP contribution in [0.3, 0.4) is 0 Å². The van der Waals surface area contributed by atoms with Crippen LogP contribution < -0.4 is 15.0 Å². The van der Waals surface area contributed by atoms with Crippen LogP contribution in [0, 0.1) is 12.8 Å². The number of imidazole rings is 1. The van der Waals surface area contributed by atoms with Gasteiger partial charge in [0.2, 0.25) is 11.8 Å². The zero-order valence-electron chi connectivity index (χ0n) is 17.5.